The molecule has 0 aromatic heterocycles. The summed E-state index contributed by atoms with van der Waals surface area (Å²) in [4.78, 5) is 10.5. The molecule has 0 spiro atoms. The Balaban J connectivity index is 3.21. The molecule has 0 unspecified atom stereocenters. The number of benzene rings is 1. The molecule has 0 aliphatic rings. The summed E-state index contributed by atoms with van der Waals surface area (Å²) in [5, 5.41) is 0. The molecule has 0 amide bonds. The number of alkyl halides is 3. The first-order valence-electron chi connectivity index (χ1n) is 4.10. The Labute approximate surface area is 84.9 Å². The van der Waals surface area contributed by atoms with E-state index in [1.165, 1.54) is 25.1 Å². The van der Waals surface area contributed by atoms with Crippen LogP contribution in [-0.4, -0.2) is 5.78 Å². The molecular formula is C11H7F3O. The minimum absolute atomic E-state index is 0.180. The predicted octanol–water partition coefficient (Wildman–Crippen LogP) is 2.65. The van der Waals surface area contributed by atoms with Gasteiger partial charge in [0.25, 0.3) is 0 Å². The minimum atomic E-state index is -4.44. The van der Waals surface area contributed by atoms with Gasteiger partial charge in [-0.2, -0.15) is 13.2 Å². The van der Waals surface area contributed by atoms with Crippen molar-refractivity contribution in [2.45, 2.75) is 13.1 Å². The number of carbonyl (C=O) groups excluding carboxylic acids is 1. The second-order valence-electron chi connectivity index (χ2n) is 2.85. The highest BCUT2D eigenvalue weighted by molar-refractivity contribution is 5.93. The van der Waals surface area contributed by atoms with Gasteiger partial charge in [0.15, 0.2) is 0 Å². The molecule has 0 aliphatic heterocycles. The van der Waals surface area contributed by atoms with Crippen LogP contribution in [0.5, 0.6) is 0 Å². The molecular weight excluding hydrogens is 205 g/mol. The molecule has 0 saturated heterocycles. The molecule has 0 radical (unpaired) electrons. The van der Waals surface area contributed by atoms with Crippen molar-refractivity contribution in [3.05, 3.63) is 35.4 Å². The van der Waals surface area contributed by atoms with Gasteiger partial charge in [0.2, 0.25) is 5.78 Å². The Hall–Kier alpha value is -1.76. The highest BCUT2D eigenvalue weighted by atomic mass is 19.4. The van der Waals surface area contributed by atoms with Crippen LogP contribution in [0.15, 0.2) is 24.3 Å². The maximum Gasteiger partial charge on any atom is 0.417 e. The Morgan fingerprint density at radius 2 is 1.87 bits per heavy atom. The molecule has 0 fully saturated rings. The third kappa shape index (κ3) is 3.13. The van der Waals surface area contributed by atoms with E-state index in [4.69, 9.17) is 0 Å². The maximum atomic E-state index is 12.4. The molecule has 0 saturated carbocycles. The van der Waals surface area contributed by atoms with Gasteiger partial charge >= 0.3 is 6.18 Å². The Bertz CT molecular complexity index is 435. The van der Waals surface area contributed by atoms with Crippen molar-refractivity contribution in [1.29, 1.82) is 0 Å². The third-order valence-corrected chi connectivity index (χ3v) is 1.61. The summed E-state index contributed by atoms with van der Waals surface area (Å²) in [6.07, 6.45) is -4.44. The third-order valence-electron chi connectivity index (χ3n) is 1.61. The number of Topliss-reactive ketones (excluding diaryl/α,β-unsaturated/α-hetero) is 1. The van der Waals surface area contributed by atoms with Gasteiger partial charge in [-0.15, -0.1) is 0 Å². The first-order valence-corrected chi connectivity index (χ1v) is 4.10. The molecule has 1 aromatic carbocycles. The summed E-state index contributed by atoms with van der Waals surface area (Å²) < 4.78 is 37.3. The Morgan fingerprint density at radius 1 is 1.27 bits per heavy atom. The van der Waals surface area contributed by atoms with E-state index in [2.05, 4.69) is 11.8 Å². The molecule has 0 heterocycles. The van der Waals surface area contributed by atoms with E-state index in [0.717, 1.165) is 6.07 Å². The van der Waals surface area contributed by atoms with Gasteiger partial charge in [-0.1, -0.05) is 18.1 Å². The lowest BCUT2D eigenvalue weighted by Gasteiger charge is -2.07. The van der Waals surface area contributed by atoms with Gasteiger partial charge in [-0.05, 0) is 18.1 Å². The van der Waals surface area contributed by atoms with Crippen LogP contribution in [0, 0.1) is 11.8 Å². The van der Waals surface area contributed by atoms with Crippen LogP contribution in [0.25, 0.3) is 0 Å². The largest absolute Gasteiger partial charge is 0.417 e. The van der Waals surface area contributed by atoms with Crippen LogP contribution in [0.1, 0.15) is 18.1 Å². The lowest BCUT2D eigenvalue weighted by atomic mass is 10.1. The van der Waals surface area contributed by atoms with Gasteiger partial charge in [0.1, 0.15) is 0 Å². The summed E-state index contributed by atoms with van der Waals surface area (Å²) in [5.74, 6) is 3.82. The van der Waals surface area contributed by atoms with Crippen molar-refractivity contribution < 1.29 is 18.0 Å². The van der Waals surface area contributed by atoms with Crippen LogP contribution >= 0.6 is 0 Å². The summed E-state index contributed by atoms with van der Waals surface area (Å²) in [6, 6.07) is 4.89. The number of hydrogen-bond donors (Lipinski definition) is 0. The van der Waals surface area contributed by atoms with E-state index in [1.807, 2.05) is 0 Å². The van der Waals surface area contributed by atoms with E-state index in [1.54, 1.807) is 0 Å². The smallest absolute Gasteiger partial charge is 0.285 e. The lowest BCUT2D eigenvalue weighted by molar-refractivity contribution is -0.137. The summed E-state index contributed by atoms with van der Waals surface area (Å²) in [5.41, 5.74) is -1.00. The molecule has 1 rings (SSSR count). The topological polar surface area (TPSA) is 17.1 Å². The van der Waals surface area contributed by atoms with E-state index in [0.29, 0.717) is 0 Å². The van der Waals surface area contributed by atoms with Crippen LogP contribution in [0.3, 0.4) is 0 Å². The van der Waals surface area contributed by atoms with Crippen LogP contribution < -0.4 is 0 Å². The fourth-order valence-electron chi connectivity index (χ4n) is 0.995. The zero-order valence-electron chi connectivity index (χ0n) is 7.85. The normalized spacial score (nSPS) is 10.4. The van der Waals surface area contributed by atoms with Crippen LogP contribution in [0.4, 0.5) is 13.2 Å². The molecule has 15 heavy (non-hydrogen) atoms. The van der Waals surface area contributed by atoms with E-state index < -0.39 is 17.5 Å². The summed E-state index contributed by atoms with van der Waals surface area (Å²) >= 11 is 0. The highest BCUT2D eigenvalue weighted by Gasteiger charge is 2.32. The van der Waals surface area contributed by atoms with Crippen molar-refractivity contribution in [3.8, 4) is 11.8 Å². The first kappa shape index (κ1) is 11.3. The zero-order valence-corrected chi connectivity index (χ0v) is 7.85. The predicted molar refractivity (Wildman–Crippen MR) is 49.0 cm³/mol. The number of ketones is 1. The molecule has 0 N–H and O–H groups in total. The van der Waals surface area contributed by atoms with Crippen molar-refractivity contribution in [3.63, 3.8) is 0 Å². The van der Waals surface area contributed by atoms with Crippen molar-refractivity contribution in [1.82, 2.24) is 0 Å². The van der Waals surface area contributed by atoms with Gasteiger partial charge in [-0.3, -0.25) is 4.79 Å². The number of hydrogen-bond acceptors (Lipinski definition) is 1. The average molecular weight is 212 g/mol. The van der Waals surface area contributed by atoms with Gasteiger partial charge in [-0.25, -0.2) is 0 Å². The number of carbonyl (C=O) groups is 1. The van der Waals surface area contributed by atoms with E-state index >= 15 is 0 Å². The molecule has 78 valence electrons. The number of halogens is 3. The first-order chi connectivity index (χ1) is 6.91. The molecule has 4 heteroatoms. The molecule has 1 nitrogen and oxygen atoms in total. The fraction of sp³-hybridized carbons (Fsp3) is 0.182. The second-order valence-corrected chi connectivity index (χ2v) is 2.85. The maximum absolute atomic E-state index is 12.4. The second kappa shape index (κ2) is 4.18. The average Bonchev–Trinajstić information content (AvgIpc) is 2.13. The van der Waals surface area contributed by atoms with Crippen molar-refractivity contribution >= 4 is 5.78 Å². The standard InChI is InChI=1S/C11H7F3O/c1-8(15)6-7-9-4-2-3-5-10(9)11(12,13)14/h2-5H,1H3. The molecule has 0 aliphatic carbocycles. The molecule has 0 atom stereocenters. The Morgan fingerprint density at radius 3 is 2.40 bits per heavy atom. The summed E-state index contributed by atoms with van der Waals surface area (Å²) in [7, 11) is 0. The fourth-order valence-corrected chi connectivity index (χ4v) is 0.995. The summed E-state index contributed by atoms with van der Waals surface area (Å²) in [6.45, 7) is 1.20. The van der Waals surface area contributed by atoms with Crippen LogP contribution in [-0.2, 0) is 11.0 Å². The lowest BCUT2D eigenvalue weighted by Crippen LogP contribution is -2.07. The van der Waals surface area contributed by atoms with Crippen LogP contribution in [0.2, 0.25) is 0 Å². The molecule has 0 bridgehead atoms. The van der Waals surface area contributed by atoms with E-state index in [-0.39, 0.29) is 5.56 Å². The molecule has 1 aromatic rings. The minimum Gasteiger partial charge on any atom is -0.285 e. The van der Waals surface area contributed by atoms with Crippen molar-refractivity contribution in [2.24, 2.45) is 0 Å². The highest BCUT2D eigenvalue weighted by Crippen LogP contribution is 2.31. The van der Waals surface area contributed by atoms with Crippen molar-refractivity contribution in [2.75, 3.05) is 0 Å². The Kier molecular flexibility index (Phi) is 3.15. The van der Waals surface area contributed by atoms with E-state index in [9.17, 15) is 18.0 Å². The zero-order chi connectivity index (χ0) is 11.5. The van der Waals surface area contributed by atoms with Gasteiger partial charge < -0.3 is 0 Å². The van der Waals surface area contributed by atoms with Gasteiger partial charge in [0.05, 0.1) is 5.56 Å². The monoisotopic (exact) mass is 212 g/mol. The van der Waals surface area contributed by atoms with Gasteiger partial charge in [0, 0.05) is 12.5 Å². The number of rotatable bonds is 0. The quantitative estimate of drug-likeness (QED) is 0.604. The SMILES string of the molecule is CC(=O)C#Cc1ccccc1C(F)(F)F.